The van der Waals surface area contributed by atoms with Gasteiger partial charge in [0.15, 0.2) is 0 Å². The Kier molecular flexibility index (Phi) is 3.73. The number of ether oxygens (including phenoxy) is 1. The van der Waals surface area contributed by atoms with E-state index in [0.717, 1.165) is 5.82 Å². The SMILES string of the molecule is CC(C)c1nccn1COCC(F)(F)F. The molecule has 0 spiro atoms. The van der Waals surface area contributed by atoms with Crippen LogP contribution in [0, 0.1) is 0 Å². The van der Waals surface area contributed by atoms with Gasteiger partial charge < -0.3 is 9.30 Å². The average Bonchev–Trinajstić information content (AvgIpc) is 2.49. The number of hydrogen-bond donors (Lipinski definition) is 0. The van der Waals surface area contributed by atoms with Crippen molar-refractivity contribution in [1.29, 1.82) is 0 Å². The van der Waals surface area contributed by atoms with Crippen LogP contribution in [0.4, 0.5) is 13.2 Å². The van der Waals surface area contributed by atoms with E-state index < -0.39 is 12.8 Å². The normalized spacial score (nSPS) is 12.4. The van der Waals surface area contributed by atoms with Crippen LogP contribution in [0.2, 0.25) is 0 Å². The van der Waals surface area contributed by atoms with E-state index in [1.165, 1.54) is 0 Å². The zero-order valence-corrected chi connectivity index (χ0v) is 8.58. The van der Waals surface area contributed by atoms with E-state index in [1.807, 2.05) is 13.8 Å². The van der Waals surface area contributed by atoms with Crippen molar-refractivity contribution >= 4 is 0 Å². The predicted octanol–water partition coefficient (Wildman–Crippen LogP) is 2.54. The minimum Gasteiger partial charge on any atom is -0.351 e. The zero-order chi connectivity index (χ0) is 11.5. The molecule has 3 nitrogen and oxygen atoms in total. The summed E-state index contributed by atoms with van der Waals surface area (Å²) in [6.45, 7) is 2.49. The fourth-order valence-electron chi connectivity index (χ4n) is 1.19. The summed E-state index contributed by atoms with van der Waals surface area (Å²) in [4.78, 5) is 4.03. The first-order valence-electron chi connectivity index (χ1n) is 4.55. The molecule has 0 aliphatic heterocycles. The molecule has 0 aliphatic carbocycles. The van der Waals surface area contributed by atoms with Crippen LogP contribution in [0.5, 0.6) is 0 Å². The van der Waals surface area contributed by atoms with Gasteiger partial charge in [0.25, 0.3) is 0 Å². The molecule has 0 bridgehead atoms. The van der Waals surface area contributed by atoms with Gasteiger partial charge in [-0.05, 0) is 0 Å². The Balaban J connectivity index is 2.47. The number of imidazole rings is 1. The Bertz CT molecular complexity index is 307. The number of alkyl halides is 3. The summed E-state index contributed by atoms with van der Waals surface area (Å²) in [6.07, 6.45) is -1.13. The molecule has 1 aromatic rings. The molecule has 0 radical (unpaired) electrons. The second kappa shape index (κ2) is 4.65. The summed E-state index contributed by atoms with van der Waals surface area (Å²) in [5.74, 6) is 0.881. The van der Waals surface area contributed by atoms with E-state index >= 15 is 0 Å². The van der Waals surface area contributed by atoms with Crippen LogP contribution < -0.4 is 0 Å². The van der Waals surface area contributed by atoms with Gasteiger partial charge in [-0.1, -0.05) is 13.8 Å². The highest BCUT2D eigenvalue weighted by Crippen LogP contribution is 2.16. The highest BCUT2D eigenvalue weighted by molar-refractivity contribution is 4.96. The van der Waals surface area contributed by atoms with Crippen LogP contribution in [0.15, 0.2) is 12.4 Å². The molecule has 0 saturated carbocycles. The first-order chi connectivity index (χ1) is 6.90. The predicted molar refractivity (Wildman–Crippen MR) is 48.3 cm³/mol. The summed E-state index contributed by atoms with van der Waals surface area (Å²) in [7, 11) is 0. The molecule has 0 atom stereocenters. The summed E-state index contributed by atoms with van der Waals surface area (Å²) in [5, 5.41) is 0. The van der Waals surface area contributed by atoms with E-state index in [0.29, 0.717) is 0 Å². The monoisotopic (exact) mass is 222 g/mol. The van der Waals surface area contributed by atoms with Gasteiger partial charge in [-0.2, -0.15) is 13.2 Å². The number of nitrogens with zero attached hydrogens (tertiary/aromatic N) is 2. The van der Waals surface area contributed by atoms with Gasteiger partial charge in [0.05, 0.1) is 0 Å². The lowest BCUT2D eigenvalue weighted by Gasteiger charge is -2.11. The first kappa shape index (κ1) is 12.0. The third-order valence-corrected chi connectivity index (χ3v) is 1.76. The van der Waals surface area contributed by atoms with Gasteiger partial charge in [0.1, 0.15) is 19.2 Å². The van der Waals surface area contributed by atoms with Gasteiger partial charge in [0, 0.05) is 18.3 Å². The third kappa shape index (κ3) is 3.91. The lowest BCUT2D eigenvalue weighted by Crippen LogP contribution is -2.19. The highest BCUT2D eigenvalue weighted by Gasteiger charge is 2.27. The van der Waals surface area contributed by atoms with Gasteiger partial charge >= 0.3 is 6.18 Å². The molecule has 1 aromatic heterocycles. The van der Waals surface area contributed by atoms with Crippen molar-refractivity contribution in [1.82, 2.24) is 9.55 Å². The lowest BCUT2D eigenvalue weighted by atomic mass is 10.2. The first-order valence-corrected chi connectivity index (χ1v) is 4.55. The largest absolute Gasteiger partial charge is 0.411 e. The van der Waals surface area contributed by atoms with E-state index in [1.54, 1.807) is 17.0 Å². The second-order valence-electron chi connectivity index (χ2n) is 3.50. The van der Waals surface area contributed by atoms with Crippen molar-refractivity contribution in [3.8, 4) is 0 Å². The topological polar surface area (TPSA) is 27.1 Å². The number of aromatic nitrogens is 2. The van der Waals surface area contributed by atoms with Crippen molar-refractivity contribution in [2.75, 3.05) is 6.61 Å². The van der Waals surface area contributed by atoms with E-state index in [4.69, 9.17) is 0 Å². The van der Waals surface area contributed by atoms with Crippen LogP contribution in [0.3, 0.4) is 0 Å². The summed E-state index contributed by atoms with van der Waals surface area (Å²) < 4.78 is 41.5. The Morgan fingerprint density at radius 1 is 1.47 bits per heavy atom. The Hall–Kier alpha value is -1.04. The van der Waals surface area contributed by atoms with Crippen LogP contribution >= 0.6 is 0 Å². The van der Waals surface area contributed by atoms with Crippen molar-refractivity contribution in [3.63, 3.8) is 0 Å². The standard InChI is InChI=1S/C9H13F3N2O/c1-7(2)8-13-3-4-14(8)6-15-5-9(10,11)12/h3-4,7H,5-6H2,1-2H3. The fraction of sp³-hybridized carbons (Fsp3) is 0.667. The number of rotatable bonds is 4. The van der Waals surface area contributed by atoms with Crippen LogP contribution in [0.1, 0.15) is 25.6 Å². The third-order valence-electron chi connectivity index (χ3n) is 1.76. The molecule has 1 rings (SSSR count). The molecule has 0 N–H and O–H groups in total. The minimum atomic E-state index is -4.28. The smallest absolute Gasteiger partial charge is 0.351 e. The Labute approximate surface area is 85.9 Å². The molecule has 86 valence electrons. The molecular weight excluding hydrogens is 209 g/mol. The molecule has 0 aromatic carbocycles. The molecular formula is C9H13F3N2O. The maximum atomic E-state index is 11.8. The quantitative estimate of drug-likeness (QED) is 0.782. The summed E-state index contributed by atoms with van der Waals surface area (Å²) in [5.41, 5.74) is 0. The Morgan fingerprint density at radius 2 is 2.13 bits per heavy atom. The fourth-order valence-corrected chi connectivity index (χ4v) is 1.19. The molecule has 0 saturated heterocycles. The lowest BCUT2D eigenvalue weighted by molar-refractivity contribution is -0.182. The van der Waals surface area contributed by atoms with Crippen molar-refractivity contribution in [2.45, 2.75) is 32.7 Å². The number of halogens is 3. The summed E-state index contributed by atoms with van der Waals surface area (Å²) >= 11 is 0. The molecule has 6 heteroatoms. The van der Waals surface area contributed by atoms with Gasteiger partial charge in [-0.15, -0.1) is 0 Å². The van der Waals surface area contributed by atoms with E-state index in [-0.39, 0.29) is 12.6 Å². The maximum absolute atomic E-state index is 11.8. The molecule has 15 heavy (non-hydrogen) atoms. The minimum absolute atomic E-state index is 0.118. The molecule has 0 fully saturated rings. The van der Waals surface area contributed by atoms with E-state index in [2.05, 4.69) is 9.72 Å². The molecule has 0 aliphatic rings. The van der Waals surface area contributed by atoms with Crippen LogP contribution in [0.25, 0.3) is 0 Å². The van der Waals surface area contributed by atoms with Crippen molar-refractivity contribution < 1.29 is 17.9 Å². The van der Waals surface area contributed by atoms with Gasteiger partial charge in [-0.25, -0.2) is 4.98 Å². The second-order valence-corrected chi connectivity index (χ2v) is 3.50. The van der Waals surface area contributed by atoms with E-state index in [9.17, 15) is 13.2 Å². The van der Waals surface area contributed by atoms with Crippen LogP contribution in [-0.2, 0) is 11.5 Å². The highest BCUT2D eigenvalue weighted by atomic mass is 19.4. The van der Waals surface area contributed by atoms with Gasteiger partial charge in [0.2, 0.25) is 0 Å². The summed E-state index contributed by atoms with van der Waals surface area (Å²) in [6, 6.07) is 0. The zero-order valence-electron chi connectivity index (χ0n) is 8.58. The number of hydrogen-bond acceptors (Lipinski definition) is 2. The van der Waals surface area contributed by atoms with Crippen molar-refractivity contribution in [3.05, 3.63) is 18.2 Å². The molecule has 0 amide bonds. The van der Waals surface area contributed by atoms with Gasteiger partial charge in [-0.3, -0.25) is 0 Å². The molecule has 0 unspecified atom stereocenters. The maximum Gasteiger partial charge on any atom is 0.411 e. The average molecular weight is 222 g/mol. The van der Waals surface area contributed by atoms with Crippen LogP contribution in [-0.4, -0.2) is 22.3 Å². The molecule has 1 heterocycles. The Morgan fingerprint density at radius 3 is 2.67 bits per heavy atom. The van der Waals surface area contributed by atoms with Crippen molar-refractivity contribution in [2.24, 2.45) is 0 Å².